The molecule has 1 amide bonds. The number of carbonyl (C=O) groups is 1. The number of carbonyl (C=O) groups excluding carboxylic acids is 1. The van der Waals surface area contributed by atoms with E-state index in [1.807, 2.05) is 36.7 Å². The van der Waals surface area contributed by atoms with Crippen LogP contribution >= 0.6 is 0 Å². The van der Waals surface area contributed by atoms with Gasteiger partial charge < -0.3 is 10.6 Å². The third-order valence-corrected chi connectivity index (χ3v) is 5.64. The summed E-state index contributed by atoms with van der Waals surface area (Å²) in [6.45, 7) is 5.08. The van der Waals surface area contributed by atoms with Gasteiger partial charge in [-0.2, -0.15) is 14.2 Å². The van der Waals surface area contributed by atoms with Gasteiger partial charge in [0.1, 0.15) is 0 Å². The SMILES string of the molecule is CC1=C(C)c2c(c(C(N)=O)cc(F)c2-[n+]2cccc3c2CCN(C#N)C3)C1. The molecule has 2 N–H and O–H groups in total. The second-order valence-corrected chi connectivity index (χ2v) is 7.18. The Balaban J connectivity index is 1.99. The number of nitrogens with two attached hydrogens (primary N) is 1. The number of nitriles is 1. The minimum Gasteiger partial charge on any atom is -0.366 e. The molecule has 0 atom stereocenters. The van der Waals surface area contributed by atoms with Crippen LogP contribution in [0.4, 0.5) is 4.39 Å². The van der Waals surface area contributed by atoms with E-state index in [1.165, 1.54) is 6.07 Å². The number of rotatable bonds is 2. The van der Waals surface area contributed by atoms with E-state index in [0.717, 1.165) is 33.5 Å². The predicted octanol–water partition coefficient (Wildman–Crippen LogP) is 2.39. The first kappa shape index (κ1) is 17.2. The summed E-state index contributed by atoms with van der Waals surface area (Å²) in [5.41, 5.74) is 11.9. The van der Waals surface area contributed by atoms with Crippen molar-refractivity contribution >= 4 is 11.5 Å². The lowest BCUT2D eigenvalue weighted by atomic mass is 9.96. The molecule has 0 radical (unpaired) electrons. The molecule has 2 aromatic rings. The summed E-state index contributed by atoms with van der Waals surface area (Å²) in [7, 11) is 0. The standard InChI is InChI=1S/C21H19FN4O/c1-12-8-15-16(21(24)27)9-17(22)20(19(15)13(12)2)26-6-3-4-14-10-25(11-23)7-5-18(14)26/h3-4,6,9H,5,7-8,10H2,1-2H3,(H-,24,27)/p+1. The summed E-state index contributed by atoms with van der Waals surface area (Å²) in [4.78, 5) is 13.6. The van der Waals surface area contributed by atoms with Crippen molar-refractivity contribution in [2.75, 3.05) is 6.54 Å². The molecule has 0 spiro atoms. The highest BCUT2D eigenvalue weighted by molar-refractivity contribution is 5.98. The van der Waals surface area contributed by atoms with Crippen LogP contribution in [0.15, 0.2) is 30.0 Å². The predicted molar refractivity (Wildman–Crippen MR) is 98.1 cm³/mol. The van der Waals surface area contributed by atoms with Crippen molar-refractivity contribution in [3.8, 4) is 11.9 Å². The van der Waals surface area contributed by atoms with E-state index >= 15 is 4.39 Å². The number of benzene rings is 1. The number of amides is 1. The van der Waals surface area contributed by atoms with Crippen molar-refractivity contribution in [1.29, 1.82) is 5.26 Å². The van der Waals surface area contributed by atoms with Crippen LogP contribution in [0.25, 0.3) is 11.3 Å². The molecule has 2 heterocycles. The van der Waals surface area contributed by atoms with Gasteiger partial charge in [0.2, 0.25) is 5.91 Å². The molecule has 0 saturated heterocycles. The molecular formula is C21H20FN4O+. The fraction of sp³-hybridized carbons (Fsp3) is 0.286. The van der Waals surface area contributed by atoms with Gasteiger partial charge in [-0.05, 0) is 43.5 Å². The third-order valence-electron chi connectivity index (χ3n) is 5.64. The number of halogens is 1. The highest BCUT2D eigenvalue weighted by Crippen LogP contribution is 2.38. The summed E-state index contributed by atoms with van der Waals surface area (Å²) in [6.07, 6.45) is 5.28. The fourth-order valence-electron chi connectivity index (χ4n) is 4.16. The zero-order valence-corrected chi connectivity index (χ0v) is 15.3. The van der Waals surface area contributed by atoms with Gasteiger partial charge in [0.15, 0.2) is 23.9 Å². The average molecular weight is 363 g/mol. The lowest BCUT2D eigenvalue weighted by Gasteiger charge is -2.22. The molecule has 27 heavy (non-hydrogen) atoms. The van der Waals surface area contributed by atoms with Gasteiger partial charge in [-0.15, -0.1) is 0 Å². The molecule has 0 saturated carbocycles. The van der Waals surface area contributed by atoms with Crippen LogP contribution in [-0.4, -0.2) is 17.4 Å². The van der Waals surface area contributed by atoms with Crippen LogP contribution in [0.2, 0.25) is 0 Å². The first-order chi connectivity index (χ1) is 12.9. The first-order valence-corrected chi connectivity index (χ1v) is 8.91. The molecule has 4 rings (SSSR count). The first-order valence-electron chi connectivity index (χ1n) is 8.91. The Morgan fingerprint density at radius 1 is 1.41 bits per heavy atom. The molecule has 5 nitrogen and oxygen atoms in total. The van der Waals surface area contributed by atoms with Crippen LogP contribution in [0.1, 0.15) is 46.6 Å². The monoisotopic (exact) mass is 363 g/mol. The van der Waals surface area contributed by atoms with Gasteiger partial charge in [0.05, 0.1) is 18.5 Å². The summed E-state index contributed by atoms with van der Waals surface area (Å²) < 4.78 is 17.1. The van der Waals surface area contributed by atoms with Gasteiger partial charge in [0, 0.05) is 23.7 Å². The maximum atomic E-state index is 15.3. The minimum absolute atomic E-state index is 0.253. The molecule has 6 heteroatoms. The largest absolute Gasteiger partial charge is 0.366 e. The van der Waals surface area contributed by atoms with E-state index in [0.29, 0.717) is 31.6 Å². The number of hydrogen-bond donors (Lipinski definition) is 1. The van der Waals surface area contributed by atoms with Crippen molar-refractivity contribution in [3.05, 3.63) is 63.7 Å². The number of nitrogens with zero attached hydrogens (tertiary/aromatic N) is 3. The topological polar surface area (TPSA) is 74.0 Å². The molecule has 1 aromatic carbocycles. The summed E-state index contributed by atoms with van der Waals surface area (Å²) in [5.74, 6) is -1.07. The van der Waals surface area contributed by atoms with Crippen molar-refractivity contribution in [3.63, 3.8) is 0 Å². The molecule has 1 aromatic heterocycles. The molecule has 1 aliphatic carbocycles. The zero-order chi connectivity index (χ0) is 19.3. The summed E-state index contributed by atoms with van der Waals surface area (Å²) in [6, 6.07) is 5.10. The Kier molecular flexibility index (Phi) is 3.96. The molecule has 0 unspecified atom stereocenters. The lowest BCUT2D eigenvalue weighted by Crippen LogP contribution is -2.43. The number of allylic oxidation sites excluding steroid dienone is 2. The van der Waals surface area contributed by atoms with Crippen LogP contribution in [0.5, 0.6) is 0 Å². The number of fused-ring (bicyclic) bond motifs is 2. The Labute approximate surface area is 157 Å². The quantitative estimate of drug-likeness (QED) is 0.658. The maximum absolute atomic E-state index is 15.3. The summed E-state index contributed by atoms with van der Waals surface area (Å²) >= 11 is 0. The zero-order valence-electron chi connectivity index (χ0n) is 15.3. The summed E-state index contributed by atoms with van der Waals surface area (Å²) in [5, 5.41) is 9.18. The van der Waals surface area contributed by atoms with Crippen LogP contribution < -0.4 is 10.3 Å². The van der Waals surface area contributed by atoms with Crippen molar-refractivity contribution < 1.29 is 13.8 Å². The lowest BCUT2D eigenvalue weighted by molar-refractivity contribution is -0.607. The van der Waals surface area contributed by atoms with E-state index < -0.39 is 11.7 Å². The Morgan fingerprint density at radius 3 is 2.89 bits per heavy atom. The number of pyridine rings is 1. The van der Waals surface area contributed by atoms with Gasteiger partial charge in [-0.1, -0.05) is 5.57 Å². The van der Waals surface area contributed by atoms with Crippen LogP contribution in [-0.2, 0) is 19.4 Å². The highest BCUT2D eigenvalue weighted by atomic mass is 19.1. The maximum Gasteiger partial charge on any atom is 0.254 e. The molecule has 0 bridgehead atoms. The average Bonchev–Trinajstić information content (AvgIpc) is 2.95. The normalized spacial score (nSPS) is 15.4. The van der Waals surface area contributed by atoms with Crippen molar-refractivity contribution in [2.45, 2.75) is 33.2 Å². The Hall–Kier alpha value is -3.20. The van der Waals surface area contributed by atoms with Gasteiger partial charge in [-0.3, -0.25) is 4.79 Å². The van der Waals surface area contributed by atoms with E-state index in [9.17, 15) is 10.1 Å². The Bertz CT molecular complexity index is 1060. The van der Waals surface area contributed by atoms with E-state index in [-0.39, 0.29) is 5.56 Å². The molecule has 136 valence electrons. The third kappa shape index (κ3) is 2.58. The van der Waals surface area contributed by atoms with Crippen molar-refractivity contribution in [1.82, 2.24) is 4.90 Å². The van der Waals surface area contributed by atoms with Crippen LogP contribution in [0, 0.1) is 17.3 Å². The second kappa shape index (κ2) is 6.20. The van der Waals surface area contributed by atoms with E-state index in [4.69, 9.17) is 5.73 Å². The number of hydrogen-bond acceptors (Lipinski definition) is 3. The van der Waals surface area contributed by atoms with Gasteiger partial charge in [-0.25, -0.2) is 0 Å². The Morgan fingerprint density at radius 2 is 2.19 bits per heavy atom. The highest BCUT2D eigenvalue weighted by Gasteiger charge is 2.34. The fourth-order valence-corrected chi connectivity index (χ4v) is 4.16. The number of aromatic nitrogens is 1. The van der Waals surface area contributed by atoms with Gasteiger partial charge in [0.25, 0.3) is 5.69 Å². The smallest absolute Gasteiger partial charge is 0.254 e. The van der Waals surface area contributed by atoms with Crippen molar-refractivity contribution in [2.24, 2.45) is 5.73 Å². The molecular weight excluding hydrogens is 343 g/mol. The van der Waals surface area contributed by atoms with E-state index in [1.54, 1.807) is 4.90 Å². The minimum atomic E-state index is -0.607. The molecule has 2 aliphatic rings. The van der Waals surface area contributed by atoms with Crippen LogP contribution in [0.3, 0.4) is 0 Å². The molecule has 1 aliphatic heterocycles. The molecule has 0 fully saturated rings. The van der Waals surface area contributed by atoms with E-state index in [2.05, 4.69) is 6.19 Å². The van der Waals surface area contributed by atoms with Gasteiger partial charge >= 0.3 is 0 Å². The number of primary amides is 1. The second-order valence-electron chi connectivity index (χ2n) is 7.18.